The number of hydrogen-bond acceptors (Lipinski definition) is 3. The van der Waals surface area contributed by atoms with Crippen LogP contribution in [0.4, 0.5) is 4.79 Å². The van der Waals surface area contributed by atoms with E-state index in [1.165, 1.54) is 0 Å². The Morgan fingerprint density at radius 3 is 2.37 bits per heavy atom. The van der Waals surface area contributed by atoms with Crippen molar-refractivity contribution in [1.82, 2.24) is 9.88 Å². The van der Waals surface area contributed by atoms with Crippen LogP contribution in [-0.2, 0) is 11.3 Å². The Balaban J connectivity index is 0.00000102. The standard InChI is InChI=1S/C21H18N2O2.C2H6/c24-21-23(15-20(25-21)18-5-2-1-3-6-18)14-16-8-10-17(11-9-16)19-7-4-12-22-13-19;1-2/h1-13,20H,14-15H2;1-2H3/t20-;/m0./s1. The average Bonchev–Trinajstić information content (AvgIpc) is 3.12. The van der Waals surface area contributed by atoms with Gasteiger partial charge < -0.3 is 4.74 Å². The molecular formula is C23H24N2O2. The van der Waals surface area contributed by atoms with Crippen LogP contribution in [-0.4, -0.2) is 22.5 Å². The van der Waals surface area contributed by atoms with Crippen LogP contribution in [0.25, 0.3) is 11.1 Å². The van der Waals surface area contributed by atoms with Crippen molar-refractivity contribution in [2.45, 2.75) is 26.5 Å². The number of carbonyl (C=O) groups excluding carboxylic acids is 1. The molecular weight excluding hydrogens is 336 g/mol. The fourth-order valence-corrected chi connectivity index (χ4v) is 3.03. The zero-order valence-corrected chi connectivity index (χ0v) is 15.7. The van der Waals surface area contributed by atoms with Crippen LogP contribution in [0.3, 0.4) is 0 Å². The highest BCUT2D eigenvalue weighted by atomic mass is 16.6. The van der Waals surface area contributed by atoms with Crippen LogP contribution >= 0.6 is 0 Å². The Bertz CT molecular complexity index is 849. The lowest BCUT2D eigenvalue weighted by molar-refractivity contribution is 0.132. The molecule has 1 aliphatic heterocycles. The van der Waals surface area contributed by atoms with Gasteiger partial charge in [-0.3, -0.25) is 9.88 Å². The first-order valence-corrected chi connectivity index (χ1v) is 9.29. The molecule has 0 aliphatic carbocycles. The van der Waals surface area contributed by atoms with Crippen molar-refractivity contribution in [2.24, 2.45) is 0 Å². The maximum atomic E-state index is 12.1. The molecule has 0 unspecified atom stereocenters. The molecule has 0 saturated carbocycles. The molecule has 2 aromatic carbocycles. The number of aromatic nitrogens is 1. The van der Waals surface area contributed by atoms with E-state index in [2.05, 4.69) is 17.1 Å². The van der Waals surface area contributed by atoms with Crippen molar-refractivity contribution < 1.29 is 9.53 Å². The van der Waals surface area contributed by atoms with Crippen LogP contribution in [0.1, 0.15) is 31.1 Å². The second-order valence-corrected chi connectivity index (χ2v) is 6.10. The van der Waals surface area contributed by atoms with Crippen molar-refractivity contribution in [1.29, 1.82) is 0 Å². The van der Waals surface area contributed by atoms with E-state index in [-0.39, 0.29) is 12.2 Å². The quantitative estimate of drug-likeness (QED) is 0.620. The number of amides is 1. The van der Waals surface area contributed by atoms with Crippen molar-refractivity contribution in [3.8, 4) is 11.1 Å². The summed E-state index contributed by atoms with van der Waals surface area (Å²) in [6.07, 6.45) is 3.16. The Labute approximate surface area is 160 Å². The Morgan fingerprint density at radius 2 is 1.70 bits per heavy atom. The van der Waals surface area contributed by atoms with Gasteiger partial charge in [0.05, 0.1) is 6.54 Å². The highest BCUT2D eigenvalue weighted by Crippen LogP contribution is 2.27. The molecule has 27 heavy (non-hydrogen) atoms. The molecule has 1 atom stereocenters. The third-order valence-electron chi connectivity index (χ3n) is 4.38. The topological polar surface area (TPSA) is 42.4 Å². The summed E-state index contributed by atoms with van der Waals surface area (Å²) < 4.78 is 5.50. The Hall–Kier alpha value is -3.14. The molecule has 1 fully saturated rings. The fourth-order valence-electron chi connectivity index (χ4n) is 3.03. The SMILES string of the molecule is CC.O=C1O[C@H](c2ccccc2)CN1Cc1ccc(-c2cccnc2)cc1. The van der Waals surface area contributed by atoms with E-state index in [0.29, 0.717) is 13.1 Å². The first-order valence-electron chi connectivity index (χ1n) is 9.29. The van der Waals surface area contributed by atoms with Crippen molar-refractivity contribution >= 4 is 6.09 Å². The van der Waals surface area contributed by atoms with Gasteiger partial charge in [0.15, 0.2) is 0 Å². The summed E-state index contributed by atoms with van der Waals surface area (Å²) in [4.78, 5) is 18.0. The van der Waals surface area contributed by atoms with E-state index in [1.807, 2.05) is 74.6 Å². The molecule has 4 heteroatoms. The zero-order valence-electron chi connectivity index (χ0n) is 15.7. The summed E-state index contributed by atoms with van der Waals surface area (Å²) >= 11 is 0. The summed E-state index contributed by atoms with van der Waals surface area (Å²) in [7, 11) is 0. The molecule has 2 heterocycles. The second kappa shape index (κ2) is 8.99. The van der Waals surface area contributed by atoms with E-state index < -0.39 is 0 Å². The van der Waals surface area contributed by atoms with Crippen LogP contribution in [0, 0.1) is 0 Å². The molecule has 1 aromatic heterocycles. The van der Waals surface area contributed by atoms with Gasteiger partial charge in [0.1, 0.15) is 6.10 Å². The van der Waals surface area contributed by atoms with Gasteiger partial charge in [0, 0.05) is 18.9 Å². The predicted molar refractivity (Wildman–Crippen MR) is 107 cm³/mol. The minimum Gasteiger partial charge on any atom is -0.439 e. The third kappa shape index (κ3) is 4.53. The van der Waals surface area contributed by atoms with Crippen molar-refractivity contribution in [3.05, 3.63) is 90.3 Å². The molecule has 4 rings (SSSR count). The second-order valence-electron chi connectivity index (χ2n) is 6.10. The molecule has 1 amide bonds. The maximum Gasteiger partial charge on any atom is 0.410 e. The van der Waals surface area contributed by atoms with Crippen molar-refractivity contribution in [3.63, 3.8) is 0 Å². The van der Waals surface area contributed by atoms with Crippen molar-refractivity contribution in [2.75, 3.05) is 6.54 Å². The average molecular weight is 360 g/mol. The fraction of sp³-hybridized carbons (Fsp3) is 0.217. The molecule has 0 spiro atoms. The lowest BCUT2D eigenvalue weighted by Crippen LogP contribution is -2.23. The number of ether oxygens (including phenoxy) is 1. The smallest absolute Gasteiger partial charge is 0.410 e. The minimum atomic E-state index is -0.259. The van der Waals surface area contributed by atoms with Gasteiger partial charge in [-0.15, -0.1) is 0 Å². The Morgan fingerprint density at radius 1 is 0.963 bits per heavy atom. The first kappa shape index (κ1) is 18.6. The van der Waals surface area contributed by atoms with Gasteiger partial charge in [-0.05, 0) is 28.3 Å². The van der Waals surface area contributed by atoms with Gasteiger partial charge in [-0.25, -0.2) is 4.79 Å². The number of hydrogen-bond donors (Lipinski definition) is 0. The van der Waals surface area contributed by atoms with Crippen LogP contribution in [0.2, 0.25) is 0 Å². The van der Waals surface area contributed by atoms with Crippen LogP contribution in [0.15, 0.2) is 79.1 Å². The first-order chi connectivity index (χ1) is 13.3. The number of rotatable bonds is 4. The number of pyridine rings is 1. The summed E-state index contributed by atoms with van der Waals surface area (Å²) in [6.45, 7) is 5.13. The highest BCUT2D eigenvalue weighted by molar-refractivity contribution is 5.70. The summed E-state index contributed by atoms with van der Waals surface area (Å²) in [6, 6.07) is 22.0. The largest absolute Gasteiger partial charge is 0.439 e. The molecule has 0 N–H and O–H groups in total. The normalized spacial score (nSPS) is 15.7. The van der Waals surface area contributed by atoms with Crippen LogP contribution < -0.4 is 0 Å². The lowest BCUT2D eigenvalue weighted by Gasteiger charge is -2.13. The molecule has 138 valence electrons. The maximum absolute atomic E-state index is 12.1. The molecule has 0 radical (unpaired) electrons. The monoisotopic (exact) mass is 360 g/mol. The van der Waals surface area contributed by atoms with Crippen LogP contribution in [0.5, 0.6) is 0 Å². The number of nitrogens with zero attached hydrogens (tertiary/aromatic N) is 2. The molecule has 1 saturated heterocycles. The van der Waals surface area contributed by atoms with Gasteiger partial charge >= 0.3 is 6.09 Å². The van der Waals surface area contributed by atoms with E-state index in [0.717, 1.165) is 22.3 Å². The summed E-state index contributed by atoms with van der Waals surface area (Å²) in [5, 5.41) is 0. The Kier molecular flexibility index (Phi) is 6.21. The predicted octanol–water partition coefficient (Wildman–Crippen LogP) is 5.47. The van der Waals surface area contributed by atoms with Gasteiger partial charge in [-0.2, -0.15) is 0 Å². The van der Waals surface area contributed by atoms with Gasteiger partial charge in [-0.1, -0.05) is 74.5 Å². The zero-order chi connectivity index (χ0) is 19.1. The van der Waals surface area contributed by atoms with Gasteiger partial charge in [0.2, 0.25) is 0 Å². The highest BCUT2D eigenvalue weighted by Gasteiger charge is 2.32. The number of benzene rings is 2. The van der Waals surface area contributed by atoms with E-state index >= 15 is 0 Å². The van der Waals surface area contributed by atoms with E-state index in [1.54, 1.807) is 11.1 Å². The minimum absolute atomic E-state index is 0.191. The summed E-state index contributed by atoms with van der Waals surface area (Å²) in [5.74, 6) is 0. The van der Waals surface area contributed by atoms with E-state index in [4.69, 9.17) is 4.74 Å². The number of cyclic esters (lactones) is 1. The molecule has 4 nitrogen and oxygen atoms in total. The molecule has 1 aliphatic rings. The summed E-state index contributed by atoms with van der Waals surface area (Å²) in [5.41, 5.74) is 4.31. The number of carbonyl (C=O) groups is 1. The van der Waals surface area contributed by atoms with E-state index in [9.17, 15) is 4.79 Å². The molecule has 3 aromatic rings. The van der Waals surface area contributed by atoms with Gasteiger partial charge in [0.25, 0.3) is 0 Å². The lowest BCUT2D eigenvalue weighted by atomic mass is 10.1. The third-order valence-corrected chi connectivity index (χ3v) is 4.38. The molecule has 0 bridgehead atoms.